The maximum atomic E-state index is 13.3. The third kappa shape index (κ3) is 3.45. The van der Waals surface area contributed by atoms with Crippen LogP contribution in [0.2, 0.25) is 0 Å². The van der Waals surface area contributed by atoms with E-state index < -0.39 is 0 Å². The highest BCUT2D eigenvalue weighted by Gasteiger charge is 2.33. The number of nitrogens with zero attached hydrogens (tertiary/aromatic N) is 5. The van der Waals surface area contributed by atoms with Crippen molar-refractivity contribution in [3.63, 3.8) is 0 Å². The Morgan fingerprint density at radius 1 is 1.00 bits per heavy atom. The van der Waals surface area contributed by atoms with Gasteiger partial charge in [0.15, 0.2) is 5.82 Å². The van der Waals surface area contributed by atoms with Gasteiger partial charge in [-0.1, -0.05) is 19.3 Å². The molecule has 7 nitrogen and oxygen atoms in total. The van der Waals surface area contributed by atoms with E-state index >= 15 is 0 Å². The quantitative estimate of drug-likeness (QED) is 0.712. The number of tetrazole rings is 1. The number of nitrogens with one attached hydrogen (secondary N) is 1. The fourth-order valence-electron chi connectivity index (χ4n) is 5.16. The number of piperidine rings is 1. The molecule has 0 spiro atoms. The molecule has 1 aliphatic heterocycles. The third-order valence-corrected chi connectivity index (χ3v) is 6.97. The normalized spacial score (nSPS) is 19.5. The van der Waals surface area contributed by atoms with Crippen LogP contribution in [0.25, 0.3) is 10.9 Å². The van der Waals surface area contributed by atoms with E-state index in [4.69, 9.17) is 0 Å². The van der Waals surface area contributed by atoms with Crippen LogP contribution in [-0.2, 0) is 0 Å². The summed E-state index contributed by atoms with van der Waals surface area (Å²) >= 11 is 0. The molecule has 5 rings (SSSR count). The smallest absolute Gasteiger partial charge is 0.253 e. The molecule has 1 aliphatic carbocycles. The van der Waals surface area contributed by atoms with Crippen LogP contribution in [0.4, 0.5) is 0 Å². The lowest BCUT2D eigenvalue weighted by atomic mass is 9.98. The topological polar surface area (TPSA) is 79.7 Å². The van der Waals surface area contributed by atoms with Crippen molar-refractivity contribution in [1.82, 2.24) is 30.1 Å². The zero-order valence-corrected chi connectivity index (χ0v) is 17.9. The molecule has 2 aromatic heterocycles. The van der Waals surface area contributed by atoms with Crippen LogP contribution in [0.3, 0.4) is 0 Å². The lowest BCUT2D eigenvalue weighted by molar-refractivity contribution is 0.174. The predicted octanol–water partition coefficient (Wildman–Crippen LogP) is 3.82. The summed E-state index contributed by atoms with van der Waals surface area (Å²) in [5, 5.41) is 14.0. The Morgan fingerprint density at radius 3 is 2.50 bits per heavy atom. The highest BCUT2D eigenvalue weighted by atomic mass is 16.1. The number of aromatic nitrogens is 5. The first-order valence-electron chi connectivity index (χ1n) is 11.3. The van der Waals surface area contributed by atoms with Gasteiger partial charge in [0.05, 0.1) is 6.04 Å². The average molecular weight is 407 g/mol. The van der Waals surface area contributed by atoms with E-state index in [1.807, 2.05) is 4.68 Å². The summed E-state index contributed by atoms with van der Waals surface area (Å²) in [6.45, 7) is 6.12. The molecule has 2 fully saturated rings. The summed E-state index contributed by atoms with van der Waals surface area (Å²) in [7, 11) is 0. The van der Waals surface area contributed by atoms with Gasteiger partial charge in [-0.25, -0.2) is 4.68 Å². The molecule has 1 atom stereocenters. The Labute approximate surface area is 176 Å². The molecule has 0 radical (unpaired) electrons. The lowest BCUT2D eigenvalue weighted by Crippen LogP contribution is -2.38. The number of benzene rings is 1. The fourth-order valence-corrected chi connectivity index (χ4v) is 5.16. The van der Waals surface area contributed by atoms with Crippen LogP contribution < -0.4 is 5.56 Å². The van der Waals surface area contributed by atoms with Crippen molar-refractivity contribution in [3.05, 3.63) is 51.1 Å². The standard InChI is InChI=1S/C23H30N6O/c1-15-12-17-14-19(23(30)24-20(17)13-16(15)2)21(28-10-6-3-7-11-28)22-25-26-27-29(22)18-8-4-5-9-18/h12-14,18,21H,3-11H2,1-2H3,(H,24,30)/t21-/m0/s1. The number of aromatic amines is 1. The number of pyridine rings is 1. The Balaban J connectivity index is 1.66. The van der Waals surface area contributed by atoms with Crippen molar-refractivity contribution in [2.45, 2.75) is 70.9 Å². The van der Waals surface area contributed by atoms with Crippen LogP contribution in [0.1, 0.15) is 79.5 Å². The minimum atomic E-state index is -0.212. The summed E-state index contributed by atoms with van der Waals surface area (Å²) in [6, 6.07) is 6.42. The van der Waals surface area contributed by atoms with Crippen molar-refractivity contribution in [3.8, 4) is 0 Å². The molecule has 1 saturated carbocycles. The number of fused-ring (bicyclic) bond motifs is 1. The van der Waals surface area contributed by atoms with Crippen molar-refractivity contribution in [2.24, 2.45) is 0 Å². The predicted molar refractivity (Wildman–Crippen MR) is 117 cm³/mol. The van der Waals surface area contributed by atoms with Crippen LogP contribution in [0.15, 0.2) is 23.0 Å². The molecule has 30 heavy (non-hydrogen) atoms. The summed E-state index contributed by atoms with van der Waals surface area (Å²) in [5.74, 6) is 0.817. The molecule has 0 unspecified atom stereocenters. The Kier molecular flexibility index (Phi) is 5.15. The number of hydrogen-bond donors (Lipinski definition) is 1. The van der Waals surface area contributed by atoms with Gasteiger partial charge in [0.2, 0.25) is 0 Å². The number of likely N-dealkylation sites (tertiary alicyclic amines) is 1. The van der Waals surface area contributed by atoms with Crippen LogP contribution >= 0.6 is 0 Å². The number of hydrogen-bond acceptors (Lipinski definition) is 5. The Bertz CT molecular complexity index is 1100. The molecule has 3 aromatic rings. The Morgan fingerprint density at radius 2 is 1.73 bits per heavy atom. The summed E-state index contributed by atoms with van der Waals surface area (Å²) in [5.41, 5.74) is 4.01. The first-order valence-corrected chi connectivity index (χ1v) is 11.3. The lowest BCUT2D eigenvalue weighted by Gasteiger charge is -2.34. The van der Waals surface area contributed by atoms with Gasteiger partial charge in [0.25, 0.3) is 5.56 Å². The molecule has 1 N–H and O–H groups in total. The minimum absolute atomic E-state index is 0.0395. The molecule has 2 aliphatic rings. The molecule has 0 bridgehead atoms. The zero-order chi connectivity index (χ0) is 20.7. The molecule has 1 saturated heterocycles. The second kappa shape index (κ2) is 7.95. The average Bonchev–Trinajstić information content (AvgIpc) is 3.43. The monoisotopic (exact) mass is 406 g/mol. The summed E-state index contributed by atoms with van der Waals surface area (Å²) < 4.78 is 2.01. The van der Waals surface area contributed by atoms with E-state index in [1.54, 1.807) is 0 Å². The highest BCUT2D eigenvalue weighted by Crippen LogP contribution is 2.34. The molecule has 1 aromatic carbocycles. The van der Waals surface area contributed by atoms with Gasteiger partial charge < -0.3 is 4.98 Å². The van der Waals surface area contributed by atoms with Crippen LogP contribution in [0, 0.1) is 13.8 Å². The van der Waals surface area contributed by atoms with Crippen LogP contribution in [-0.4, -0.2) is 43.2 Å². The van der Waals surface area contributed by atoms with E-state index in [1.165, 1.54) is 30.4 Å². The molecular weight excluding hydrogens is 376 g/mol. The SMILES string of the molecule is Cc1cc2cc([C@@H](c3nnnn3C3CCCC3)N3CCCCC3)c(=O)[nH]c2cc1C. The highest BCUT2D eigenvalue weighted by molar-refractivity contribution is 5.81. The summed E-state index contributed by atoms with van der Waals surface area (Å²) in [4.78, 5) is 18.8. The number of rotatable bonds is 4. The zero-order valence-electron chi connectivity index (χ0n) is 17.9. The maximum absolute atomic E-state index is 13.3. The van der Waals surface area contributed by atoms with E-state index in [2.05, 4.69) is 57.5 Å². The van der Waals surface area contributed by atoms with E-state index in [-0.39, 0.29) is 11.6 Å². The summed E-state index contributed by atoms with van der Waals surface area (Å²) in [6.07, 6.45) is 8.18. The van der Waals surface area contributed by atoms with Crippen molar-refractivity contribution < 1.29 is 0 Å². The molecule has 0 amide bonds. The number of H-pyrrole nitrogens is 1. The molecule has 3 heterocycles. The maximum Gasteiger partial charge on any atom is 0.253 e. The Hall–Kier alpha value is -2.54. The second-order valence-electron chi connectivity index (χ2n) is 9.00. The fraction of sp³-hybridized carbons (Fsp3) is 0.565. The molecule has 7 heteroatoms. The van der Waals surface area contributed by atoms with Gasteiger partial charge in [0.1, 0.15) is 6.04 Å². The first kappa shape index (κ1) is 19.4. The van der Waals surface area contributed by atoms with E-state index in [9.17, 15) is 4.79 Å². The van der Waals surface area contributed by atoms with Crippen molar-refractivity contribution >= 4 is 10.9 Å². The molecule has 158 valence electrons. The van der Waals surface area contributed by atoms with Gasteiger partial charge in [-0.3, -0.25) is 9.69 Å². The van der Waals surface area contributed by atoms with Gasteiger partial charge in [-0.15, -0.1) is 5.10 Å². The minimum Gasteiger partial charge on any atom is -0.322 e. The van der Waals surface area contributed by atoms with E-state index in [0.29, 0.717) is 6.04 Å². The van der Waals surface area contributed by atoms with E-state index in [0.717, 1.165) is 61.1 Å². The largest absolute Gasteiger partial charge is 0.322 e. The van der Waals surface area contributed by atoms with Gasteiger partial charge >= 0.3 is 0 Å². The van der Waals surface area contributed by atoms with Gasteiger partial charge in [-0.05, 0) is 97.8 Å². The van der Waals surface area contributed by atoms with Crippen molar-refractivity contribution in [2.75, 3.05) is 13.1 Å². The van der Waals surface area contributed by atoms with Crippen LogP contribution in [0.5, 0.6) is 0 Å². The van der Waals surface area contributed by atoms with Crippen molar-refractivity contribution in [1.29, 1.82) is 0 Å². The number of aryl methyl sites for hydroxylation is 2. The van der Waals surface area contributed by atoms with Gasteiger partial charge in [-0.2, -0.15) is 0 Å². The first-order chi connectivity index (χ1) is 14.6. The second-order valence-corrected chi connectivity index (χ2v) is 9.00. The molecular formula is C23H30N6O. The van der Waals surface area contributed by atoms with Gasteiger partial charge in [0, 0.05) is 11.1 Å². The third-order valence-electron chi connectivity index (χ3n) is 6.97.